The van der Waals surface area contributed by atoms with Crippen LogP contribution in [-0.2, 0) is 9.09 Å². The van der Waals surface area contributed by atoms with Crippen LogP contribution in [0.25, 0.3) is 0 Å². The maximum absolute atomic E-state index is 11.9. The van der Waals surface area contributed by atoms with Crippen molar-refractivity contribution in [1.82, 2.24) is 15.1 Å². The molecule has 1 rings (SSSR count). The molecule has 2 N–H and O–H groups in total. The highest BCUT2D eigenvalue weighted by Gasteiger charge is 2.28. The van der Waals surface area contributed by atoms with Crippen molar-refractivity contribution < 1.29 is 9.09 Å². The molecule has 1 aliphatic rings. The predicted molar refractivity (Wildman–Crippen MR) is 63.3 cm³/mol. The molecule has 0 aromatic carbocycles. The van der Waals surface area contributed by atoms with Crippen LogP contribution in [0.4, 0.5) is 0 Å². The van der Waals surface area contributed by atoms with Crippen LogP contribution in [0.15, 0.2) is 0 Å². The lowest BCUT2D eigenvalue weighted by atomic mass is 10.9. The second kappa shape index (κ2) is 5.02. The maximum atomic E-state index is 11.9. The Morgan fingerprint density at radius 1 is 1.71 bits per heavy atom. The van der Waals surface area contributed by atoms with Crippen molar-refractivity contribution >= 4 is 42.7 Å². The minimum absolute atomic E-state index is 0.322. The van der Waals surface area contributed by atoms with E-state index in [1.54, 1.807) is 6.92 Å². The molecule has 1 saturated heterocycles. The van der Waals surface area contributed by atoms with Gasteiger partial charge in [0.05, 0.1) is 12.1 Å². The van der Waals surface area contributed by atoms with Gasteiger partial charge in [-0.3, -0.25) is 14.7 Å². The number of nitrogens with one attached hydrogen (secondary N) is 2. The molecule has 0 spiro atoms. The molecule has 1 fully saturated rings. The van der Waals surface area contributed by atoms with Crippen LogP contribution in [0.3, 0.4) is 0 Å². The Bertz CT molecular complexity index is 282. The first kappa shape index (κ1) is 11.8. The molecule has 0 saturated carbocycles. The molecule has 0 radical (unpaired) electrons. The quantitative estimate of drug-likeness (QED) is 0.428. The van der Waals surface area contributed by atoms with Gasteiger partial charge in [-0.2, -0.15) is 0 Å². The first-order valence-electron chi connectivity index (χ1n) is 4.14. The van der Waals surface area contributed by atoms with Crippen LogP contribution in [0.1, 0.15) is 6.92 Å². The van der Waals surface area contributed by atoms with Crippen LogP contribution >= 0.6 is 32.1 Å². The van der Waals surface area contributed by atoms with Gasteiger partial charge < -0.3 is 4.90 Å². The minimum atomic E-state index is -3.13. The molecule has 5 nitrogen and oxygen atoms in total. The van der Waals surface area contributed by atoms with E-state index in [9.17, 15) is 4.57 Å². The van der Waals surface area contributed by atoms with Gasteiger partial charge in [0.2, 0.25) is 0 Å². The summed E-state index contributed by atoms with van der Waals surface area (Å²) in [5.74, 6) is 0. The van der Waals surface area contributed by atoms with Gasteiger partial charge in [0.25, 0.3) is 0 Å². The van der Waals surface area contributed by atoms with E-state index in [1.165, 1.54) is 0 Å². The lowest BCUT2D eigenvalue weighted by Crippen LogP contribution is -2.31. The van der Waals surface area contributed by atoms with Crippen LogP contribution in [-0.4, -0.2) is 35.2 Å². The fourth-order valence-corrected chi connectivity index (χ4v) is 2.86. The molecule has 8 heteroatoms. The zero-order valence-corrected chi connectivity index (χ0v) is 10.3. The van der Waals surface area contributed by atoms with Gasteiger partial charge in [-0.25, -0.2) is 4.57 Å². The molecule has 1 atom stereocenters. The number of hydrogen-bond acceptors (Lipinski definition) is 4. The molecule has 0 aliphatic carbocycles. The SMILES string of the molecule is CCO[P@](=O)(NC=S)NC(=S)N1CC1. The summed E-state index contributed by atoms with van der Waals surface area (Å²) < 4.78 is 16.9. The zero-order valence-electron chi connectivity index (χ0n) is 7.73. The molecular weight excluding hydrogens is 241 g/mol. The summed E-state index contributed by atoms with van der Waals surface area (Å²) in [4.78, 5) is 1.87. The van der Waals surface area contributed by atoms with Gasteiger partial charge in [-0.1, -0.05) is 12.2 Å². The minimum Gasteiger partial charge on any atom is -0.345 e. The lowest BCUT2D eigenvalue weighted by Gasteiger charge is -2.19. The van der Waals surface area contributed by atoms with Crippen molar-refractivity contribution in [2.24, 2.45) is 0 Å². The monoisotopic (exact) mass is 253 g/mol. The Kier molecular flexibility index (Phi) is 4.25. The highest BCUT2D eigenvalue weighted by Crippen LogP contribution is 2.36. The first-order valence-corrected chi connectivity index (χ1v) is 6.65. The first-order chi connectivity index (χ1) is 6.61. The van der Waals surface area contributed by atoms with E-state index in [1.807, 2.05) is 4.90 Å². The third-order valence-electron chi connectivity index (χ3n) is 1.51. The van der Waals surface area contributed by atoms with E-state index in [4.69, 9.17) is 16.7 Å². The second-order valence-corrected chi connectivity index (χ2v) is 5.09. The Labute approximate surface area is 93.7 Å². The number of nitrogens with zero attached hydrogens (tertiary/aromatic N) is 1. The van der Waals surface area contributed by atoms with Crippen molar-refractivity contribution in [3.63, 3.8) is 0 Å². The van der Waals surface area contributed by atoms with Crippen LogP contribution in [0, 0.1) is 0 Å². The van der Waals surface area contributed by atoms with Gasteiger partial charge in [0.1, 0.15) is 0 Å². The highest BCUT2D eigenvalue weighted by atomic mass is 32.1. The van der Waals surface area contributed by atoms with Crippen molar-refractivity contribution in [1.29, 1.82) is 0 Å². The summed E-state index contributed by atoms with van der Waals surface area (Å²) in [6.45, 7) is 3.87. The Morgan fingerprint density at radius 3 is 2.79 bits per heavy atom. The average Bonchev–Trinajstić information content (AvgIpc) is 2.85. The van der Waals surface area contributed by atoms with Gasteiger partial charge in [0, 0.05) is 13.1 Å². The summed E-state index contributed by atoms with van der Waals surface area (Å²) in [6.07, 6.45) is 0. The van der Waals surface area contributed by atoms with Crippen molar-refractivity contribution in [2.75, 3.05) is 19.7 Å². The topological polar surface area (TPSA) is 53.4 Å². The third-order valence-corrected chi connectivity index (χ3v) is 3.91. The van der Waals surface area contributed by atoms with Gasteiger partial charge in [0.15, 0.2) is 5.11 Å². The van der Waals surface area contributed by atoms with Crippen molar-refractivity contribution in [3.05, 3.63) is 0 Å². The summed E-state index contributed by atoms with van der Waals surface area (Å²) in [7, 11) is -3.13. The largest absolute Gasteiger partial charge is 0.393 e. The highest BCUT2D eigenvalue weighted by molar-refractivity contribution is 7.81. The lowest BCUT2D eigenvalue weighted by molar-refractivity contribution is 0.326. The van der Waals surface area contributed by atoms with Crippen molar-refractivity contribution in [3.8, 4) is 0 Å². The van der Waals surface area contributed by atoms with Crippen LogP contribution < -0.4 is 10.2 Å². The summed E-state index contributed by atoms with van der Waals surface area (Å²) in [5.41, 5.74) is 1.16. The molecule has 0 amide bonds. The van der Waals surface area contributed by atoms with Crippen molar-refractivity contribution in [2.45, 2.75) is 6.92 Å². The van der Waals surface area contributed by atoms with E-state index in [0.717, 1.165) is 18.6 Å². The maximum Gasteiger partial charge on any atom is 0.393 e. The van der Waals surface area contributed by atoms with E-state index < -0.39 is 7.67 Å². The number of rotatable bonds is 5. The zero-order chi connectivity index (χ0) is 10.6. The van der Waals surface area contributed by atoms with Crippen LogP contribution in [0.5, 0.6) is 0 Å². The molecule has 0 bridgehead atoms. The molecule has 80 valence electrons. The number of hydrogen-bond donors (Lipinski definition) is 2. The van der Waals surface area contributed by atoms with E-state index in [2.05, 4.69) is 22.4 Å². The molecule has 14 heavy (non-hydrogen) atoms. The van der Waals surface area contributed by atoms with Gasteiger partial charge in [-0.05, 0) is 19.1 Å². The third kappa shape index (κ3) is 3.49. The molecule has 1 heterocycles. The van der Waals surface area contributed by atoms with Crippen LogP contribution in [0.2, 0.25) is 0 Å². The molecule has 1 aliphatic heterocycles. The Hall–Kier alpha value is -0.230. The summed E-state index contributed by atoms with van der Waals surface area (Å²) in [5, 5.41) is 5.55. The van der Waals surface area contributed by atoms with E-state index in [0.29, 0.717) is 11.7 Å². The predicted octanol–water partition coefficient (Wildman–Crippen LogP) is 0.868. The molecule has 0 unspecified atom stereocenters. The molecule has 0 aromatic rings. The second-order valence-electron chi connectivity index (χ2n) is 2.62. The molecular formula is C6H12N3O2PS2. The fourth-order valence-electron chi connectivity index (χ4n) is 0.803. The standard InChI is InChI=1S/C6H12N3O2PS2/c1-2-11-12(10,7-5-13)8-6(14)9-3-4-9/h5H,2-4H2,1H3,(H2,7,8,10,13,14)/t12-/m1/s1. The normalized spacial score (nSPS) is 18.2. The summed E-state index contributed by atoms with van der Waals surface area (Å²) >= 11 is 9.55. The molecule has 0 aromatic heterocycles. The van der Waals surface area contributed by atoms with E-state index >= 15 is 0 Å². The Morgan fingerprint density at radius 2 is 2.36 bits per heavy atom. The average molecular weight is 253 g/mol. The fraction of sp³-hybridized carbons (Fsp3) is 0.667. The van der Waals surface area contributed by atoms with E-state index in [-0.39, 0.29) is 0 Å². The smallest absolute Gasteiger partial charge is 0.345 e. The van der Waals surface area contributed by atoms with Gasteiger partial charge >= 0.3 is 7.67 Å². The Balaban J connectivity index is 2.52. The summed E-state index contributed by atoms with van der Waals surface area (Å²) in [6, 6.07) is 0. The number of thiocarbonyl (C=S) groups is 2. The van der Waals surface area contributed by atoms with Gasteiger partial charge in [-0.15, -0.1) is 0 Å².